The van der Waals surface area contributed by atoms with E-state index in [1.54, 1.807) is 6.08 Å². The number of halogens is 2. The minimum Gasteiger partial charge on any atom is -0.482 e. The molecular weight excluding hydrogens is 464 g/mol. The maximum atomic E-state index is 11.8. The van der Waals surface area contributed by atoms with Gasteiger partial charge in [-0.3, -0.25) is 20.4 Å². The second-order valence-corrected chi connectivity index (χ2v) is 7.37. The van der Waals surface area contributed by atoms with Crippen LogP contribution in [0.1, 0.15) is 16.7 Å². The van der Waals surface area contributed by atoms with Crippen molar-refractivity contribution in [1.82, 2.24) is 10.9 Å². The molecule has 2 amide bonds. The Morgan fingerprint density at radius 3 is 2.42 bits per heavy atom. The zero-order valence-electron chi connectivity index (χ0n) is 14.3. The van der Waals surface area contributed by atoms with E-state index >= 15 is 0 Å². The van der Waals surface area contributed by atoms with Gasteiger partial charge in [-0.1, -0.05) is 45.8 Å². The first-order chi connectivity index (χ1) is 12.3. The number of aryl methyl sites for hydroxylation is 2. The Hall–Kier alpha value is -2.12. The Balaban J connectivity index is 1.79. The summed E-state index contributed by atoms with van der Waals surface area (Å²) in [6.45, 7) is 3.65. The number of carbonyl (C=O) groups is 2. The van der Waals surface area contributed by atoms with Crippen LogP contribution in [0.4, 0.5) is 0 Å². The summed E-state index contributed by atoms with van der Waals surface area (Å²) in [5.74, 6) is -0.315. The van der Waals surface area contributed by atoms with E-state index in [0.717, 1.165) is 25.6 Å². The quantitative estimate of drug-likeness (QED) is 0.499. The summed E-state index contributed by atoms with van der Waals surface area (Å²) in [4.78, 5) is 23.6. The molecular formula is C19H18Br2N2O3. The summed E-state index contributed by atoms with van der Waals surface area (Å²) in [7, 11) is 0. The van der Waals surface area contributed by atoms with E-state index in [2.05, 4.69) is 42.7 Å². The Morgan fingerprint density at radius 2 is 1.77 bits per heavy atom. The molecule has 0 saturated carbocycles. The average Bonchev–Trinajstić information content (AvgIpc) is 2.58. The Bertz CT molecular complexity index is 810. The lowest BCUT2D eigenvalue weighted by Crippen LogP contribution is -2.43. The molecule has 0 unspecified atom stereocenters. The number of ether oxygens (including phenoxy) is 1. The standard InChI is InChI=1S/C19H18Br2N2O3/c1-12-3-5-14(6-4-12)7-8-17(24)22-23-18(25)11-26-19-13(2)9-15(20)10-16(19)21/h3-10H,11H2,1-2H3,(H,22,24)(H,23,25). The van der Waals surface area contributed by atoms with E-state index in [1.165, 1.54) is 6.08 Å². The molecule has 7 heteroatoms. The van der Waals surface area contributed by atoms with Crippen LogP contribution in [0.15, 0.2) is 51.4 Å². The van der Waals surface area contributed by atoms with Gasteiger partial charge in [0.2, 0.25) is 0 Å². The second-order valence-electron chi connectivity index (χ2n) is 5.60. The maximum Gasteiger partial charge on any atom is 0.276 e. The largest absolute Gasteiger partial charge is 0.482 e. The molecule has 0 saturated heterocycles. The van der Waals surface area contributed by atoms with Crippen molar-refractivity contribution in [3.05, 3.63) is 68.1 Å². The molecule has 0 atom stereocenters. The first-order valence-corrected chi connectivity index (χ1v) is 9.36. The average molecular weight is 482 g/mol. The molecule has 0 heterocycles. The zero-order chi connectivity index (χ0) is 19.1. The number of hydrogen-bond donors (Lipinski definition) is 2. The van der Waals surface area contributed by atoms with Gasteiger partial charge in [-0.15, -0.1) is 0 Å². The Kier molecular flexibility index (Phi) is 7.41. The van der Waals surface area contributed by atoms with Crippen LogP contribution in [-0.4, -0.2) is 18.4 Å². The summed E-state index contributed by atoms with van der Waals surface area (Å²) in [5, 5.41) is 0. The van der Waals surface area contributed by atoms with Crippen LogP contribution < -0.4 is 15.6 Å². The number of nitrogens with one attached hydrogen (secondary N) is 2. The molecule has 0 aromatic heterocycles. The topological polar surface area (TPSA) is 67.4 Å². The molecule has 5 nitrogen and oxygen atoms in total. The zero-order valence-corrected chi connectivity index (χ0v) is 17.5. The highest BCUT2D eigenvalue weighted by atomic mass is 79.9. The summed E-state index contributed by atoms with van der Waals surface area (Å²) in [5.41, 5.74) is 7.55. The lowest BCUT2D eigenvalue weighted by atomic mass is 10.1. The lowest BCUT2D eigenvalue weighted by molar-refractivity contribution is -0.128. The summed E-state index contributed by atoms with van der Waals surface area (Å²) >= 11 is 6.78. The van der Waals surface area contributed by atoms with Gasteiger partial charge in [0.1, 0.15) is 5.75 Å². The molecule has 0 fully saturated rings. The molecule has 0 aliphatic carbocycles. The maximum absolute atomic E-state index is 11.8. The van der Waals surface area contributed by atoms with Gasteiger partial charge in [0.05, 0.1) is 4.47 Å². The lowest BCUT2D eigenvalue weighted by Gasteiger charge is -2.12. The van der Waals surface area contributed by atoms with Crippen molar-refractivity contribution in [1.29, 1.82) is 0 Å². The third-order valence-electron chi connectivity index (χ3n) is 3.37. The number of benzene rings is 2. The summed E-state index contributed by atoms with van der Waals surface area (Å²) in [6.07, 6.45) is 3.01. The SMILES string of the molecule is Cc1ccc(C=CC(=O)NNC(=O)COc2c(C)cc(Br)cc2Br)cc1. The van der Waals surface area contributed by atoms with Gasteiger partial charge in [-0.25, -0.2) is 0 Å². The molecule has 0 spiro atoms. The van der Waals surface area contributed by atoms with E-state index < -0.39 is 11.8 Å². The van der Waals surface area contributed by atoms with Crippen molar-refractivity contribution in [2.24, 2.45) is 0 Å². The van der Waals surface area contributed by atoms with Crippen LogP contribution >= 0.6 is 31.9 Å². The van der Waals surface area contributed by atoms with Crippen molar-refractivity contribution in [3.8, 4) is 5.75 Å². The van der Waals surface area contributed by atoms with Crippen LogP contribution in [0, 0.1) is 13.8 Å². The predicted octanol–water partition coefficient (Wildman–Crippen LogP) is 4.07. The number of hydrazine groups is 1. The molecule has 0 aliphatic heterocycles. The molecule has 26 heavy (non-hydrogen) atoms. The molecule has 136 valence electrons. The highest BCUT2D eigenvalue weighted by molar-refractivity contribution is 9.11. The molecule has 2 aromatic rings. The van der Waals surface area contributed by atoms with Gasteiger partial charge in [0.15, 0.2) is 6.61 Å². The van der Waals surface area contributed by atoms with Crippen molar-refractivity contribution >= 4 is 49.8 Å². The summed E-state index contributed by atoms with van der Waals surface area (Å²) in [6, 6.07) is 11.4. The van der Waals surface area contributed by atoms with Crippen molar-refractivity contribution in [2.75, 3.05) is 6.61 Å². The normalized spacial score (nSPS) is 10.6. The number of rotatable bonds is 5. The highest BCUT2D eigenvalue weighted by Gasteiger charge is 2.10. The third kappa shape index (κ3) is 6.31. The van der Waals surface area contributed by atoms with E-state index in [4.69, 9.17) is 4.74 Å². The van der Waals surface area contributed by atoms with Crippen molar-refractivity contribution < 1.29 is 14.3 Å². The van der Waals surface area contributed by atoms with Gasteiger partial charge in [0.25, 0.3) is 11.8 Å². The number of amides is 2. The van der Waals surface area contributed by atoms with Crippen molar-refractivity contribution in [2.45, 2.75) is 13.8 Å². The van der Waals surface area contributed by atoms with Gasteiger partial charge in [0, 0.05) is 10.5 Å². The molecule has 2 rings (SSSR count). The smallest absolute Gasteiger partial charge is 0.276 e. The van der Waals surface area contributed by atoms with Gasteiger partial charge in [-0.2, -0.15) is 0 Å². The van der Waals surface area contributed by atoms with Crippen LogP contribution in [-0.2, 0) is 9.59 Å². The first-order valence-electron chi connectivity index (χ1n) is 7.77. The fraction of sp³-hybridized carbons (Fsp3) is 0.158. The monoisotopic (exact) mass is 480 g/mol. The molecule has 0 aliphatic rings. The molecule has 2 aromatic carbocycles. The van der Waals surface area contributed by atoms with Crippen LogP contribution in [0.25, 0.3) is 6.08 Å². The number of carbonyl (C=O) groups excluding carboxylic acids is 2. The third-order valence-corrected chi connectivity index (χ3v) is 4.42. The summed E-state index contributed by atoms with van der Waals surface area (Å²) < 4.78 is 7.15. The Labute approximate surface area is 169 Å². The minimum atomic E-state index is -0.462. The van der Waals surface area contributed by atoms with Crippen molar-refractivity contribution in [3.63, 3.8) is 0 Å². The van der Waals surface area contributed by atoms with E-state index in [9.17, 15) is 9.59 Å². The van der Waals surface area contributed by atoms with Gasteiger partial charge >= 0.3 is 0 Å². The van der Waals surface area contributed by atoms with Crippen LogP contribution in [0.5, 0.6) is 5.75 Å². The predicted molar refractivity (Wildman–Crippen MR) is 109 cm³/mol. The minimum absolute atomic E-state index is 0.219. The molecule has 2 N–H and O–H groups in total. The van der Waals surface area contributed by atoms with Crippen LogP contribution in [0.3, 0.4) is 0 Å². The van der Waals surface area contributed by atoms with Gasteiger partial charge in [-0.05, 0) is 59.1 Å². The first kappa shape index (κ1) is 20.2. The molecule has 0 bridgehead atoms. The second kappa shape index (κ2) is 9.54. The fourth-order valence-corrected chi connectivity index (χ4v) is 3.62. The molecule has 0 radical (unpaired) electrons. The van der Waals surface area contributed by atoms with E-state index in [-0.39, 0.29) is 6.61 Å². The number of hydrogen-bond acceptors (Lipinski definition) is 3. The van der Waals surface area contributed by atoms with Crippen LogP contribution in [0.2, 0.25) is 0 Å². The Morgan fingerprint density at radius 1 is 1.08 bits per heavy atom. The fourth-order valence-electron chi connectivity index (χ4n) is 2.07. The van der Waals surface area contributed by atoms with E-state index in [1.807, 2.05) is 50.2 Å². The van der Waals surface area contributed by atoms with E-state index in [0.29, 0.717) is 5.75 Å². The van der Waals surface area contributed by atoms with Gasteiger partial charge < -0.3 is 4.74 Å². The highest BCUT2D eigenvalue weighted by Crippen LogP contribution is 2.32.